The highest BCUT2D eigenvalue weighted by Crippen LogP contribution is 2.45. The molecule has 2 aromatic heterocycles. The van der Waals surface area contributed by atoms with Crippen molar-refractivity contribution < 1.29 is 32.1 Å². The van der Waals surface area contributed by atoms with Crippen LogP contribution in [-0.4, -0.2) is 0 Å². The van der Waals surface area contributed by atoms with Crippen LogP contribution in [-0.2, 0) is 0 Å². The van der Waals surface area contributed by atoms with Crippen molar-refractivity contribution >= 4 is 71.7 Å². The van der Waals surface area contributed by atoms with Crippen molar-refractivity contribution in [2.75, 3.05) is 4.90 Å². The lowest BCUT2D eigenvalue weighted by Gasteiger charge is -2.27. The van der Waals surface area contributed by atoms with Gasteiger partial charge in [-0.25, -0.2) is 0 Å². The maximum atomic E-state index is 9.71. The number of anilines is 3. The molecule has 0 aliphatic carbocycles. The summed E-state index contributed by atoms with van der Waals surface area (Å²) in [5, 5.41) is -0.0451. The molecule has 10 aromatic rings. The van der Waals surface area contributed by atoms with Crippen molar-refractivity contribution in [3.8, 4) is 22.3 Å². The van der Waals surface area contributed by atoms with Gasteiger partial charge >= 0.3 is 0 Å². The fourth-order valence-electron chi connectivity index (χ4n) is 6.09. The van der Waals surface area contributed by atoms with Crippen LogP contribution < -0.4 is 4.90 Å². The highest BCUT2D eigenvalue weighted by molar-refractivity contribution is 6.19. The van der Waals surface area contributed by atoms with E-state index in [9.17, 15) is 11.0 Å². The first-order valence-electron chi connectivity index (χ1n) is 23.7. The van der Waals surface area contributed by atoms with Gasteiger partial charge in [0, 0.05) is 32.9 Å². The second-order valence-electron chi connectivity index (χ2n) is 11.2. The number of benzene rings is 8. The molecule has 8 aromatic carbocycles. The summed E-state index contributed by atoms with van der Waals surface area (Å²) in [5.41, 5.74) is -1.88. The summed E-state index contributed by atoms with van der Waals surface area (Å²) in [6.07, 6.45) is 0. The van der Waals surface area contributed by atoms with Gasteiger partial charge in [0.25, 0.3) is 0 Å². The molecule has 0 atom stereocenters. The van der Waals surface area contributed by atoms with Crippen molar-refractivity contribution in [1.82, 2.24) is 0 Å². The van der Waals surface area contributed by atoms with Gasteiger partial charge in [0.1, 0.15) is 22.3 Å². The maximum absolute atomic E-state index is 9.71. The largest absolute Gasteiger partial charge is 0.456 e. The minimum atomic E-state index is -0.867. The lowest BCUT2D eigenvalue weighted by molar-refractivity contribution is 0.669. The van der Waals surface area contributed by atoms with Crippen LogP contribution in [0.1, 0.15) is 23.3 Å². The molecule has 0 saturated heterocycles. The zero-order valence-corrected chi connectivity index (χ0v) is 25.2. The summed E-state index contributed by atoms with van der Waals surface area (Å²) in [4.78, 5) is 0.812. The zero-order valence-electron chi connectivity index (χ0n) is 42.2. The molecule has 3 heteroatoms. The van der Waals surface area contributed by atoms with Gasteiger partial charge in [-0.15, -0.1) is 0 Å². The van der Waals surface area contributed by atoms with E-state index < -0.39 is 147 Å². The molecule has 0 amide bonds. The maximum Gasteiger partial charge on any atom is 0.143 e. The lowest BCUT2D eigenvalue weighted by atomic mass is 10.0. The van der Waals surface area contributed by atoms with E-state index in [4.69, 9.17) is 21.2 Å². The molecular formula is C46H29NO2. The fourth-order valence-corrected chi connectivity index (χ4v) is 6.09. The molecule has 0 aliphatic rings. The molecule has 10 rings (SSSR count). The Bertz CT molecular complexity index is 3780. The Labute approximate surface area is 306 Å². The fraction of sp³-hybridized carbons (Fsp3) is 0. The minimum absolute atomic E-state index is 0.179. The quantitative estimate of drug-likeness (QED) is 0.187. The number of rotatable bonds is 5. The van der Waals surface area contributed by atoms with Crippen LogP contribution in [0.3, 0.4) is 0 Å². The van der Waals surface area contributed by atoms with Crippen LogP contribution in [0.4, 0.5) is 17.1 Å². The molecule has 0 unspecified atom stereocenters. The van der Waals surface area contributed by atoms with E-state index in [1.165, 1.54) is 0 Å². The summed E-state index contributed by atoms with van der Waals surface area (Å²) in [5.74, 6) is 0. The SMILES string of the molecule is [2H]c1c([2H])c(-c2ccccc2)c([2H])c(N(c2c([2H])c([2H])c(-c3ccc4c(c3)oc3ccccc34)c([2H])c2[2H])c2c([2H])c([2H])c([2H])c3oc4c5c([2H])c([2H])c([2H])c([2H])c5c([2H])c([2H])c4c23)c1[2H]. The van der Waals surface area contributed by atoms with Crippen molar-refractivity contribution in [2.45, 2.75) is 0 Å². The van der Waals surface area contributed by atoms with Gasteiger partial charge in [-0.1, -0.05) is 115 Å². The monoisotopic (exact) mass is 644 g/mol. The van der Waals surface area contributed by atoms with E-state index >= 15 is 0 Å². The number of furan rings is 2. The summed E-state index contributed by atoms with van der Waals surface area (Å²) in [6.45, 7) is 0. The number of hydrogen-bond donors (Lipinski definition) is 0. The topological polar surface area (TPSA) is 29.5 Å². The molecule has 0 saturated carbocycles. The first kappa shape index (κ1) is 15.5. The number of hydrogen-bond acceptors (Lipinski definition) is 3. The molecule has 2 heterocycles. The van der Waals surface area contributed by atoms with Crippen LogP contribution in [0.25, 0.3) is 76.9 Å². The van der Waals surface area contributed by atoms with Gasteiger partial charge < -0.3 is 13.7 Å². The summed E-state index contributed by atoms with van der Waals surface area (Å²) in [7, 11) is 0. The summed E-state index contributed by atoms with van der Waals surface area (Å²) < 4.78 is 168. The smallest absolute Gasteiger partial charge is 0.143 e. The molecule has 49 heavy (non-hydrogen) atoms. The van der Waals surface area contributed by atoms with E-state index in [0.717, 1.165) is 15.7 Å². The predicted molar refractivity (Wildman–Crippen MR) is 204 cm³/mol. The van der Waals surface area contributed by atoms with Crippen molar-refractivity contribution in [3.05, 3.63) is 176 Å². The second-order valence-corrected chi connectivity index (χ2v) is 11.2. The van der Waals surface area contributed by atoms with Crippen LogP contribution >= 0.6 is 0 Å². The molecule has 0 fully saturated rings. The van der Waals surface area contributed by atoms with Gasteiger partial charge in [0.15, 0.2) is 0 Å². The van der Waals surface area contributed by atoms with Crippen LogP contribution in [0.5, 0.6) is 0 Å². The first-order valence-corrected chi connectivity index (χ1v) is 15.2. The van der Waals surface area contributed by atoms with E-state index in [-0.39, 0.29) is 27.6 Å². The molecule has 0 N–H and O–H groups in total. The van der Waals surface area contributed by atoms with Crippen LogP contribution in [0.15, 0.2) is 184 Å². The van der Waals surface area contributed by atoms with Gasteiger partial charge in [-0.05, 0) is 88.1 Å². The number of nitrogens with zero attached hydrogens (tertiary/aromatic N) is 1. The van der Waals surface area contributed by atoms with Gasteiger partial charge in [0.05, 0.1) is 34.4 Å². The van der Waals surface area contributed by atoms with Crippen molar-refractivity contribution in [1.29, 1.82) is 0 Å². The Hall–Kier alpha value is -6.58. The average Bonchev–Trinajstić information content (AvgIpc) is 3.89. The van der Waals surface area contributed by atoms with E-state index in [1.807, 2.05) is 12.1 Å². The highest BCUT2D eigenvalue weighted by atomic mass is 16.3. The Morgan fingerprint density at radius 1 is 0.449 bits per heavy atom. The molecule has 3 nitrogen and oxygen atoms in total. The minimum Gasteiger partial charge on any atom is -0.456 e. The summed E-state index contributed by atoms with van der Waals surface area (Å²) >= 11 is 0. The van der Waals surface area contributed by atoms with E-state index in [0.29, 0.717) is 11.2 Å². The lowest BCUT2D eigenvalue weighted by Crippen LogP contribution is -2.10. The van der Waals surface area contributed by atoms with Gasteiger partial charge in [-0.2, -0.15) is 0 Å². The zero-order chi connectivity index (χ0) is 47.1. The summed E-state index contributed by atoms with van der Waals surface area (Å²) in [6, 6.07) is 8.01. The van der Waals surface area contributed by atoms with Crippen LogP contribution in [0, 0.1) is 0 Å². The van der Waals surface area contributed by atoms with Crippen molar-refractivity contribution in [3.63, 3.8) is 0 Å². The van der Waals surface area contributed by atoms with Crippen molar-refractivity contribution in [2.24, 2.45) is 0 Å². The Balaban J connectivity index is 1.39. The highest BCUT2D eigenvalue weighted by Gasteiger charge is 2.21. The average molecular weight is 645 g/mol. The molecule has 230 valence electrons. The number of para-hydroxylation sites is 1. The third-order valence-electron chi connectivity index (χ3n) is 8.35. The van der Waals surface area contributed by atoms with Crippen LogP contribution in [0.2, 0.25) is 0 Å². The molecule has 0 spiro atoms. The second kappa shape index (κ2) is 11.0. The third-order valence-corrected chi connectivity index (χ3v) is 8.35. The Morgan fingerprint density at radius 3 is 2.18 bits per heavy atom. The molecule has 0 aliphatic heterocycles. The van der Waals surface area contributed by atoms with Gasteiger partial charge in [0.2, 0.25) is 0 Å². The molecule has 0 bridgehead atoms. The first-order chi connectivity index (χ1) is 31.4. The van der Waals surface area contributed by atoms with Gasteiger partial charge in [-0.3, -0.25) is 0 Å². The van der Waals surface area contributed by atoms with E-state index in [2.05, 4.69) is 0 Å². The Kier molecular flexibility index (Phi) is 3.49. The third kappa shape index (κ3) is 4.51. The van der Waals surface area contributed by atoms with E-state index in [1.54, 1.807) is 60.7 Å². The number of fused-ring (bicyclic) bond motifs is 8. The predicted octanol–water partition coefficient (Wildman–Crippen LogP) is 13.4. The standard InChI is InChI=1S/C46H29NO2/c1-2-10-30(11-3-1)33-13-8-14-36(28-33)47(41-17-9-19-43-45(41)40-27-22-32-12-4-5-15-37(32)46(40)49-43)35-24-20-31(21-25-35)34-23-26-39-38-16-6-7-18-42(38)48-44(39)29-34/h1-29H/i4D,5D,8D,9D,12D,13D,14D,15D,17D,19D,20D,21D,22D,24D,25D,27D,28D. The molecule has 0 radical (unpaired) electrons. The normalized spacial score (nSPS) is 16.5. The Morgan fingerprint density at radius 2 is 1.27 bits per heavy atom. The molecular weight excluding hydrogens is 599 g/mol.